The molecule has 0 amide bonds. The summed E-state index contributed by atoms with van der Waals surface area (Å²) in [5, 5.41) is 0. The van der Waals surface area contributed by atoms with Gasteiger partial charge in [-0.1, -0.05) is 215 Å². The van der Waals surface area contributed by atoms with Crippen LogP contribution in [0.5, 0.6) is 0 Å². The van der Waals surface area contributed by atoms with E-state index >= 15 is 0 Å². The van der Waals surface area contributed by atoms with E-state index in [1.807, 2.05) is 36.5 Å². The number of carbonyl (C=O) groups is 3. The Hall–Kier alpha value is -3.41. The van der Waals surface area contributed by atoms with Gasteiger partial charge in [0.2, 0.25) is 0 Å². The van der Waals surface area contributed by atoms with Crippen molar-refractivity contribution in [1.29, 1.82) is 0 Å². The number of allylic oxidation sites excluding steroid dienone is 14. The second-order valence-corrected chi connectivity index (χ2v) is 17.2. The minimum atomic E-state index is -0.807. The van der Waals surface area contributed by atoms with Gasteiger partial charge < -0.3 is 14.2 Å². The molecule has 0 N–H and O–H groups in total. The topological polar surface area (TPSA) is 78.9 Å². The van der Waals surface area contributed by atoms with Crippen LogP contribution in [-0.2, 0) is 28.6 Å². The summed E-state index contributed by atoms with van der Waals surface area (Å²) in [5.74, 6) is -0.975. The molecule has 0 bridgehead atoms. The fourth-order valence-corrected chi connectivity index (χ4v) is 7.03. The van der Waals surface area contributed by atoms with Gasteiger partial charge in [-0.15, -0.1) is 0 Å². The third-order valence-electron chi connectivity index (χ3n) is 11.0. The zero-order chi connectivity index (χ0) is 45.8. The standard InChI is InChI=1S/C57H96O6/c1-4-7-10-13-16-19-22-25-27-28-29-30-33-35-38-41-44-47-50-56(59)62-53-54(52-61-55(58)49-46-43-40-37-34-31-24-21-18-15-12-9-6-3)63-57(60)51-48-45-42-39-36-32-26-23-20-17-14-11-8-5-2/h9,12,15,18,21,24,27-32,34,36,54H,4-8,10-11,13-14,16-17,19-20,22-23,25-26,33,35,37-53H2,1-3H3/b12-9+,18-15+,24-21+,28-27+,30-29+,34-31+,36-32+. The fourth-order valence-electron chi connectivity index (χ4n) is 7.03. The molecule has 0 aliphatic carbocycles. The van der Waals surface area contributed by atoms with Crippen LogP contribution in [0.4, 0.5) is 0 Å². The lowest BCUT2D eigenvalue weighted by atomic mass is 10.1. The van der Waals surface area contributed by atoms with Crippen molar-refractivity contribution in [3.8, 4) is 0 Å². The molecule has 63 heavy (non-hydrogen) atoms. The molecule has 0 aromatic heterocycles. The quantitative estimate of drug-likeness (QED) is 0.0199. The molecule has 0 saturated heterocycles. The molecule has 0 aliphatic heterocycles. The van der Waals surface area contributed by atoms with Gasteiger partial charge in [-0.05, 0) is 89.9 Å². The zero-order valence-electron chi connectivity index (χ0n) is 41.1. The van der Waals surface area contributed by atoms with Crippen LogP contribution in [0.25, 0.3) is 0 Å². The SMILES string of the molecule is CC/C=C/C=C/C=C/C=C/CCCCCC(=O)OCC(COC(=O)CCCCCCC/C=C/C=C/CCCCCCCCC)OC(=O)CCCCC/C=C/CCCCCCCCC. The van der Waals surface area contributed by atoms with Crippen molar-refractivity contribution in [3.63, 3.8) is 0 Å². The third kappa shape index (κ3) is 49.5. The van der Waals surface area contributed by atoms with Gasteiger partial charge in [-0.2, -0.15) is 0 Å². The maximum Gasteiger partial charge on any atom is 0.306 e. The summed E-state index contributed by atoms with van der Waals surface area (Å²) in [6.45, 7) is 6.42. The summed E-state index contributed by atoms with van der Waals surface area (Å²) in [6.07, 6.45) is 65.7. The minimum Gasteiger partial charge on any atom is -0.462 e. The molecule has 6 heteroatoms. The van der Waals surface area contributed by atoms with Gasteiger partial charge in [0.1, 0.15) is 13.2 Å². The first kappa shape index (κ1) is 59.6. The Morgan fingerprint density at radius 1 is 0.333 bits per heavy atom. The Morgan fingerprint density at radius 2 is 0.635 bits per heavy atom. The molecule has 0 aromatic carbocycles. The molecule has 0 radical (unpaired) electrons. The average molecular weight is 877 g/mol. The predicted molar refractivity (Wildman–Crippen MR) is 270 cm³/mol. The zero-order valence-corrected chi connectivity index (χ0v) is 41.1. The number of ether oxygens (including phenoxy) is 3. The summed E-state index contributed by atoms with van der Waals surface area (Å²) in [5.41, 5.74) is 0. The van der Waals surface area contributed by atoms with E-state index in [1.54, 1.807) is 0 Å². The van der Waals surface area contributed by atoms with Crippen molar-refractivity contribution in [2.24, 2.45) is 0 Å². The maximum absolute atomic E-state index is 12.8. The molecule has 0 aliphatic rings. The van der Waals surface area contributed by atoms with Crippen molar-refractivity contribution in [2.75, 3.05) is 13.2 Å². The van der Waals surface area contributed by atoms with E-state index in [1.165, 1.54) is 96.3 Å². The third-order valence-corrected chi connectivity index (χ3v) is 11.0. The Kier molecular flexibility index (Phi) is 48.5. The summed E-state index contributed by atoms with van der Waals surface area (Å²) in [6, 6.07) is 0. The lowest BCUT2D eigenvalue weighted by Crippen LogP contribution is -2.30. The second-order valence-electron chi connectivity index (χ2n) is 17.2. The first-order chi connectivity index (χ1) is 31.0. The molecule has 0 heterocycles. The van der Waals surface area contributed by atoms with Crippen LogP contribution in [0.15, 0.2) is 85.1 Å². The highest BCUT2D eigenvalue weighted by Crippen LogP contribution is 2.13. The van der Waals surface area contributed by atoms with E-state index in [4.69, 9.17) is 14.2 Å². The summed E-state index contributed by atoms with van der Waals surface area (Å²) < 4.78 is 16.7. The summed E-state index contributed by atoms with van der Waals surface area (Å²) in [4.78, 5) is 38.0. The van der Waals surface area contributed by atoms with E-state index in [2.05, 4.69) is 69.4 Å². The van der Waals surface area contributed by atoms with Crippen LogP contribution in [0.2, 0.25) is 0 Å². The molecule has 0 fully saturated rings. The van der Waals surface area contributed by atoms with Crippen LogP contribution < -0.4 is 0 Å². The van der Waals surface area contributed by atoms with Gasteiger partial charge in [0, 0.05) is 19.3 Å². The van der Waals surface area contributed by atoms with Crippen LogP contribution in [-0.4, -0.2) is 37.2 Å². The highest BCUT2D eigenvalue weighted by atomic mass is 16.6. The largest absolute Gasteiger partial charge is 0.462 e. The number of hydrogen-bond acceptors (Lipinski definition) is 6. The summed E-state index contributed by atoms with van der Waals surface area (Å²) in [7, 11) is 0. The van der Waals surface area contributed by atoms with Gasteiger partial charge in [0.25, 0.3) is 0 Å². The molecule has 0 spiro atoms. The van der Waals surface area contributed by atoms with E-state index in [0.29, 0.717) is 19.3 Å². The molecule has 0 saturated carbocycles. The normalized spacial score (nSPS) is 12.7. The highest BCUT2D eigenvalue weighted by Gasteiger charge is 2.19. The summed E-state index contributed by atoms with van der Waals surface area (Å²) >= 11 is 0. The second kappa shape index (κ2) is 51.2. The van der Waals surface area contributed by atoms with Crippen LogP contribution in [0.1, 0.15) is 239 Å². The Balaban J connectivity index is 4.47. The average Bonchev–Trinajstić information content (AvgIpc) is 3.28. The number of hydrogen-bond donors (Lipinski definition) is 0. The number of unbranched alkanes of at least 4 members (excludes halogenated alkanes) is 25. The Morgan fingerprint density at radius 3 is 1.05 bits per heavy atom. The lowest BCUT2D eigenvalue weighted by molar-refractivity contribution is -0.167. The van der Waals surface area contributed by atoms with Crippen molar-refractivity contribution >= 4 is 17.9 Å². The monoisotopic (exact) mass is 877 g/mol. The van der Waals surface area contributed by atoms with Crippen molar-refractivity contribution in [2.45, 2.75) is 245 Å². The van der Waals surface area contributed by atoms with E-state index < -0.39 is 6.10 Å². The van der Waals surface area contributed by atoms with E-state index in [9.17, 15) is 14.4 Å². The van der Waals surface area contributed by atoms with E-state index in [-0.39, 0.29) is 31.1 Å². The molecular weight excluding hydrogens is 781 g/mol. The maximum atomic E-state index is 12.8. The first-order valence-electron chi connectivity index (χ1n) is 26.2. The van der Waals surface area contributed by atoms with Gasteiger partial charge in [0.05, 0.1) is 0 Å². The van der Waals surface area contributed by atoms with Crippen molar-refractivity contribution in [3.05, 3.63) is 85.1 Å². The van der Waals surface area contributed by atoms with Crippen LogP contribution >= 0.6 is 0 Å². The predicted octanol–water partition coefficient (Wildman–Crippen LogP) is 17.2. The molecule has 6 nitrogen and oxygen atoms in total. The lowest BCUT2D eigenvalue weighted by Gasteiger charge is -2.18. The van der Waals surface area contributed by atoms with Gasteiger partial charge >= 0.3 is 17.9 Å². The Bertz CT molecular complexity index is 1240. The first-order valence-corrected chi connectivity index (χ1v) is 26.2. The van der Waals surface area contributed by atoms with Gasteiger partial charge in [-0.25, -0.2) is 0 Å². The van der Waals surface area contributed by atoms with Crippen LogP contribution in [0, 0.1) is 0 Å². The van der Waals surface area contributed by atoms with Crippen molar-refractivity contribution in [1.82, 2.24) is 0 Å². The highest BCUT2D eigenvalue weighted by molar-refractivity contribution is 5.71. The molecular formula is C57H96O6. The minimum absolute atomic E-state index is 0.104. The van der Waals surface area contributed by atoms with Crippen molar-refractivity contribution < 1.29 is 28.6 Å². The number of carbonyl (C=O) groups excluding carboxylic acids is 3. The molecule has 0 rings (SSSR count). The number of rotatable bonds is 46. The smallest absolute Gasteiger partial charge is 0.306 e. The number of esters is 3. The molecule has 1 atom stereocenters. The molecule has 0 aromatic rings. The fraction of sp³-hybridized carbons (Fsp3) is 0.702. The van der Waals surface area contributed by atoms with Gasteiger partial charge in [0.15, 0.2) is 6.10 Å². The Labute approximate surface area is 388 Å². The molecule has 1 unspecified atom stereocenters. The van der Waals surface area contributed by atoms with Gasteiger partial charge in [-0.3, -0.25) is 14.4 Å². The van der Waals surface area contributed by atoms with Crippen LogP contribution in [0.3, 0.4) is 0 Å². The van der Waals surface area contributed by atoms with E-state index in [0.717, 1.165) is 103 Å². The molecule has 360 valence electrons.